The van der Waals surface area contributed by atoms with E-state index in [-0.39, 0.29) is 17.8 Å². The SMILES string of the molecule is Cc1ccc(NC(=O)Cn2c(C)nc(-c3ccccn3)cc2=O)c(F)c1. The van der Waals surface area contributed by atoms with E-state index in [1.807, 2.05) is 0 Å². The highest BCUT2D eigenvalue weighted by Gasteiger charge is 2.13. The van der Waals surface area contributed by atoms with E-state index in [1.165, 1.54) is 22.8 Å². The lowest BCUT2D eigenvalue weighted by Gasteiger charge is -2.11. The first kappa shape index (κ1) is 17.5. The number of pyridine rings is 1. The Balaban J connectivity index is 1.81. The fourth-order valence-electron chi connectivity index (χ4n) is 2.51. The van der Waals surface area contributed by atoms with Crippen LogP contribution in [-0.4, -0.2) is 20.4 Å². The molecule has 0 aliphatic carbocycles. The van der Waals surface area contributed by atoms with Crippen molar-refractivity contribution < 1.29 is 9.18 Å². The predicted octanol–water partition coefficient (Wildman–Crippen LogP) is 2.70. The third-order valence-corrected chi connectivity index (χ3v) is 3.83. The van der Waals surface area contributed by atoms with Crippen molar-refractivity contribution in [2.24, 2.45) is 0 Å². The molecule has 1 N–H and O–H groups in total. The number of hydrogen-bond acceptors (Lipinski definition) is 4. The van der Waals surface area contributed by atoms with Crippen molar-refractivity contribution in [2.75, 3.05) is 5.32 Å². The molecule has 3 rings (SSSR count). The van der Waals surface area contributed by atoms with Crippen LogP contribution in [0.1, 0.15) is 11.4 Å². The molecule has 0 radical (unpaired) electrons. The van der Waals surface area contributed by atoms with Gasteiger partial charge in [-0.15, -0.1) is 0 Å². The number of nitrogens with one attached hydrogen (secondary N) is 1. The fraction of sp³-hybridized carbons (Fsp3) is 0.158. The van der Waals surface area contributed by atoms with Gasteiger partial charge in [-0.2, -0.15) is 0 Å². The predicted molar refractivity (Wildman–Crippen MR) is 96.2 cm³/mol. The van der Waals surface area contributed by atoms with Crippen LogP contribution in [0.3, 0.4) is 0 Å². The standard InChI is InChI=1S/C19H17FN4O2/c1-12-6-7-15(14(20)9-12)23-18(25)11-24-13(2)22-17(10-19(24)26)16-5-3-4-8-21-16/h3-10H,11H2,1-2H3,(H,23,25). The smallest absolute Gasteiger partial charge is 0.254 e. The van der Waals surface area contributed by atoms with Crippen LogP contribution < -0.4 is 10.9 Å². The Morgan fingerprint density at radius 2 is 1.96 bits per heavy atom. The quantitative estimate of drug-likeness (QED) is 0.783. The van der Waals surface area contributed by atoms with Crippen molar-refractivity contribution >= 4 is 11.6 Å². The van der Waals surface area contributed by atoms with Gasteiger partial charge in [-0.05, 0) is 43.7 Å². The molecule has 7 heteroatoms. The van der Waals surface area contributed by atoms with Gasteiger partial charge < -0.3 is 5.32 Å². The van der Waals surface area contributed by atoms with Gasteiger partial charge >= 0.3 is 0 Å². The zero-order valence-corrected chi connectivity index (χ0v) is 14.4. The van der Waals surface area contributed by atoms with E-state index in [0.29, 0.717) is 17.2 Å². The van der Waals surface area contributed by atoms with Gasteiger partial charge in [-0.3, -0.25) is 19.1 Å². The van der Waals surface area contributed by atoms with Crippen molar-refractivity contribution in [1.82, 2.24) is 14.5 Å². The van der Waals surface area contributed by atoms with Gasteiger partial charge in [0.1, 0.15) is 18.2 Å². The number of benzene rings is 1. The highest BCUT2D eigenvalue weighted by Crippen LogP contribution is 2.15. The van der Waals surface area contributed by atoms with Crippen molar-refractivity contribution in [2.45, 2.75) is 20.4 Å². The maximum absolute atomic E-state index is 13.8. The molecular weight excluding hydrogens is 335 g/mol. The van der Waals surface area contributed by atoms with Gasteiger partial charge in [0.05, 0.1) is 17.1 Å². The molecule has 0 spiro atoms. The third kappa shape index (κ3) is 3.83. The molecule has 0 atom stereocenters. The van der Waals surface area contributed by atoms with Gasteiger partial charge in [0.25, 0.3) is 5.56 Å². The summed E-state index contributed by atoms with van der Waals surface area (Å²) in [5.41, 5.74) is 1.46. The summed E-state index contributed by atoms with van der Waals surface area (Å²) in [7, 11) is 0. The maximum Gasteiger partial charge on any atom is 0.254 e. The first-order valence-corrected chi connectivity index (χ1v) is 8.00. The molecular formula is C19H17FN4O2. The monoisotopic (exact) mass is 352 g/mol. The number of carbonyl (C=O) groups excluding carboxylic acids is 1. The summed E-state index contributed by atoms with van der Waals surface area (Å²) in [5, 5.41) is 2.47. The minimum Gasteiger partial charge on any atom is -0.322 e. The number of nitrogens with zero attached hydrogens (tertiary/aromatic N) is 3. The number of anilines is 1. The van der Waals surface area contributed by atoms with Crippen molar-refractivity contribution in [3.8, 4) is 11.4 Å². The molecule has 0 aliphatic heterocycles. The molecule has 0 aliphatic rings. The zero-order valence-electron chi connectivity index (χ0n) is 14.4. The number of amides is 1. The van der Waals surface area contributed by atoms with E-state index in [1.54, 1.807) is 44.3 Å². The largest absolute Gasteiger partial charge is 0.322 e. The average molecular weight is 352 g/mol. The van der Waals surface area contributed by atoms with E-state index in [2.05, 4.69) is 15.3 Å². The van der Waals surface area contributed by atoms with Crippen molar-refractivity contribution in [1.29, 1.82) is 0 Å². The maximum atomic E-state index is 13.8. The Kier molecular flexibility index (Phi) is 4.88. The second-order valence-electron chi connectivity index (χ2n) is 5.86. The molecule has 132 valence electrons. The van der Waals surface area contributed by atoms with Crippen molar-refractivity contribution in [3.05, 3.63) is 76.2 Å². The summed E-state index contributed by atoms with van der Waals surface area (Å²) in [6, 6.07) is 11.2. The Morgan fingerprint density at radius 1 is 1.15 bits per heavy atom. The molecule has 0 saturated carbocycles. The van der Waals surface area contributed by atoms with Gasteiger partial charge in [0, 0.05) is 12.3 Å². The van der Waals surface area contributed by atoms with E-state index in [9.17, 15) is 14.0 Å². The Morgan fingerprint density at radius 3 is 2.62 bits per heavy atom. The van der Waals surface area contributed by atoms with Crippen LogP contribution in [0, 0.1) is 19.7 Å². The molecule has 0 fully saturated rings. The van der Waals surface area contributed by atoms with Gasteiger partial charge in [-0.25, -0.2) is 9.37 Å². The van der Waals surface area contributed by atoms with Gasteiger partial charge in [0.2, 0.25) is 5.91 Å². The summed E-state index contributed by atoms with van der Waals surface area (Å²) in [6.45, 7) is 3.13. The van der Waals surface area contributed by atoms with Crippen LogP contribution in [0.5, 0.6) is 0 Å². The Labute approximate surface area is 149 Å². The second-order valence-corrected chi connectivity index (χ2v) is 5.86. The molecule has 6 nitrogen and oxygen atoms in total. The molecule has 2 heterocycles. The normalized spacial score (nSPS) is 10.6. The van der Waals surface area contributed by atoms with Crippen LogP contribution in [-0.2, 0) is 11.3 Å². The summed E-state index contributed by atoms with van der Waals surface area (Å²) >= 11 is 0. The molecule has 0 saturated heterocycles. The van der Waals surface area contributed by atoms with Gasteiger partial charge in [-0.1, -0.05) is 12.1 Å². The Bertz CT molecular complexity index is 1020. The Hall–Kier alpha value is -3.35. The topological polar surface area (TPSA) is 76.9 Å². The molecule has 3 aromatic rings. The lowest BCUT2D eigenvalue weighted by atomic mass is 10.2. The van der Waals surface area contributed by atoms with Gasteiger partial charge in [0.15, 0.2) is 0 Å². The minimum atomic E-state index is -0.522. The van der Waals surface area contributed by atoms with E-state index >= 15 is 0 Å². The summed E-state index contributed by atoms with van der Waals surface area (Å²) in [6.07, 6.45) is 1.61. The van der Waals surface area contributed by atoms with E-state index < -0.39 is 11.7 Å². The fourth-order valence-corrected chi connectivity index (χ4v) is 2.51. The van der Waals surface area contributed by atoms with Crippen molar-refractivity contribution in [3.63, 3.8) is 0 Å². The number of rotatable bonds is 4. The lowest BCUT2D eigenvalue weighted by Crippen LogP contribution is -2.30. The second kappa shape index (κ2) is 7.26. The summed E-state index contributed by atoms with van der Waals surface area (Å²) in [5.74, 6) is -0.658. The highest BCUT2D eigenvalue weighted by molar-refractivity contribution is 5.90. The zero-order chi connectivity index (χ0) is 18.7. The third-order valence-electron chi connectivity index (χ3n) is 3.83. The molecule has 0 bridgehead atoms. The van der Waals surface area contributed by atoms with Crippen LogP contribution >= 0.6 is 0 Å². The minimum absolute atomic E-state index is 0.0735. The van der Waals surface area contributed by atoms with Crippen LogP contribution in [0.15, 0.2) is 53.5 Å². The van der Waals surface area contributed by atoms with Crippen LogP contribution in [0.4, 0.5) is 10.1 Å². The van der Waals surface area contributed by atoms with Crippen LogP contribution in [0.2, 0.25) is 0 Å². The molecule has 1 aromatic carbocycles. The number of halogens is 1. The van der Waals surface area contributed by atoms with E-state index in [0.717, 1.165) is 5.56 Å². The van der Waals surface area contributed by atoms with E-state index in [4.69, 9.17) is 0 Å². The highest BCUT2D eigenvalue weighted by atomic mass is 19.1. The summed E-state index contributed by atoms with van der Waals surface area (Å²) in [4.78, 5) is 33.1. The lowest BCUT2D eigenvalue weighted by molar-refractivity contribution is -0.116. The first-order chi connectivity index (χ1) is 12.4. The molecule has 2 aromatic heterocycles. The number of carbonyl (C=O) groups is 1. The number of aromatic nitrogens is 3. The number of aryl methyl sites for hydroxylation is 2. The molecule has 1 amide bonds. The average Bonchev–Trinajstić information content (AvgIpc) is 2.61. The molecule has 0 unspecified atom stereocenters. The first-order valence-electron chi connectivity index (χ1n) is 8.00. The number of hydrogen-bond donors (Lipinski definition) is 1. The molecule has 26 heavy (non-hydrogen) atoms. The summed E-state index contributed by atoms with van der Waals surface area (Å²) < 4.78 is 15.1. The van der Waals surface area contributed by atoms with Crippen LogP contribution in [0.25, 0.3) is 11.4 Å².